The molecule has 0 radical (unpaired) electrons. The number of carbonyl (C=O) groups excluding carboxylic acids is 1. The fourth-order valence-corrected chi connectivity index (χ4v) is 2.63. The fraction of sp³-hybridized carbons (Fsp3) is 0.400. The van der Waals surface area contributed by atoms with Crippen LogP contribution in [0.4, 0.5) is 5.69 Å². The summed E-state index contributed by atoms with van der Waals surface area (Å²) in [5.74, 6) is 0.0712. The highest BCUT2D eigenvalue weighted by molar-refractivity contribution is 5.76. The van der Waals surface area contributed by atoms with Crippen LogP contribution < -0.4 is 10.2 Å². The summed E-state index contributed by atoms with van der Waals surface area (Å²) in [6.45, 7) is 4.03. The van der Waals surface area contributed by atoms with Crippen molar-refractivity contribution in [3.05, 3.63) is 59.4 Å². The maximum Gasteiger partial charge on any atom is 0.220 e. The van der Waals surface area contributed by atoms with Crippen LogP contribution in [-0.4, -0.2) is 25.0 Å². The van der Waals surface area contributed by atoms with Gasteiger partial charge in [-0.3, -0.25) is 9.78 Å². The van der Waals surface area contributed by atoms with Crippen molar-refractivity contribution in [1.82, 2.24) is 10.3 Å². The summed E-state index contributed by atoms with van der Waals surface area (Å²) in [6, 6.07) is 14.2. The zero-order valence-corrected chi connectivity index (χ0v) is 15.0. The van der Waals surface area contributed by atoms with Crippen LogP contribution in [0.25, 0.3) is 0 Å². The van der Waals surface area contributed by atoms with Crippen molar-refractivity contribution in [1.29, 1.82) is 0 Å². The highest BCUT2D eigenvalue weighted by atomic mass is 16.1. The molecule has 0 aliphatic carbocycles. The zero-order chi connectivity index (χ0) is 17.5. The van der Waals surface area contributed by atoms with Gasteiger partial charge in [0.1, 0.15) is 0 Å². The summed E-state index contributed by atoms with van der Waals surface area (Å²) in [7, 11) is 4.04. The van der Waals surface area contributed by atoms with Gasteiger partial charge in [-0.1, -0.05) is 25.1 Å². The molecule has 0 unspecified atom stereocenters. The molecule has 0 fully saturated rings. The summed E-state index contributed by atoms with van der Waals surface area (Å²) < 4.78 is 0. The van der Waals surface area contributed by atoms with Crippen LogP contribution in [0.1, 0.15) is 42.8 Å². The van der Waals surface area contributed by atoms with Gasteiger partial charge in [-0.15, -0.1) is 0 Å². The number of aryl methyl sites for hydroxylation is 2. The van der Waals surface area contributed by atoms with E-state index in [9.17, 15) is 4.79 Å². The average molecular weight is 325 g/mol. The number of nitrogens with one attached hydrogen (secondary N) is 1. The van der Waals surface area contributed by atoms with Gasteiger partial charge in [0, 0.05) is 31.9 Å². The Labute approximate surface area is 144 Å². The monoisotopic (exact) mass is 325 g/mol. The molecule has 1 aromatic heterocycles. The molecule has 4 nitrogen and oxygen atoms in total. The minimum absolute atomic E-state index is 0.0199. The van der Waals surface area contributed by atoms with E-state index >= 15 is 0 Å². The van der Waals surface area contributed by atoms with E-state index in [0.29, 0.717) is 6.42 Å². The lowest BCUT2D eigenvalue weighted by Crippen LogP contribution is -2.29. The number of hydrogen-bond acceptors (Lipinski definition) is 3. The zero-order valence-electron chi connectivity index (χ0n) is 15.0. The van der Waals surface area contributed by atoms with Gasteiger partial charge in [-0.05, 0) is 49.6 Å². The second-order valence-electron chi connectivity index (χ2n) is 6.29. The number of anilines is 1. The van der Waals surface area contributed by atoms with Crippen molar-refractivity contribution < 1.29 is 4.79 Å². The molecule has 1 N–H and O–H groups in total. The van der Waals surface area contributed by atoms with Gasteiger partial charge in [-0.2, -0.15) is 0 Å². The molecule has 1 amide bonds. The Bertz CT molecular complexity index is 665. The van der Waals surface area contributed by atoms with Crippen molar-refractivity contribution in [3.8, 4) is 0 Å². The number of pyridine rings is 1. The van der Waals surface area contributed by atoms with E-state index in [-0.39, 0.29) is 11.9 Å². The van der Waals surface area contributed by atoms with Gasteiger partial charge in [0.25, 0.3) is 0 Å². The number of benzene rings is 1. The molecule has 1 heterocycles. The van der Waals surface area contributed by atoms with Crippen LogP contribution in [0.15, 0.2) is 42.5 Å². The fourth-order valence-electron chi connectivity index (χ4n) is 2.63. The van der Waals surface area contributed by atoms with Gasteiger partial charge < -0.3 is 10.2 Å². The topological polar surface area (TPSA) is 45.2 Å². The van der Waals surface area contributed by atoms with E-state index in [4.69, 9.17) is 0 Å². The molecule has 0 saturated carbocycles. The minimum Gasteiger partial charge on any atom is -0.378 e. The summed E-state index contributed by atoms with van der Waals surface area (Å²) in [5.41, 5.74) is 4.25. The number of hydrogen-bond donors (Lipinski definition) is 1. The number of nitrogens with zero attached hydrogens (tertiary/aromatic N) is 2. The van der Waals surface area contributed by atoms with Gasteiger partial charge in [0.05, 0.1) is 11.7 Å². The third kappa shape index (κ3) is 5.08. The van der Waals surface area contributed by atoms with Gasteiger partial charge in [-0.25, -0.2) is 0 Å². The third-order valence-electron chi connectivity index (χ3n) is 4.10. The Kier molecular flexibility index (Phi) is 6.36. The third-order valence-corrected chi connectivity index (χ3v) is 4.10. The van der Waals surface area contributed by atoms with Crippen molar-refractivity contribution in [2.75, 3.05) is 19.0 Å². The second kappa shape index (κ2) is 8.48. The van der Waals surface area contributed by atoms with Gasteiger partial charge >= 0.3 is 0 Å². The maximum absolute atomic E-state index is 12.3. The van der Waals surface area contributed by atoms with Crippen LogP contribution in [0.2, 0.25) is 0 Å². The predicted octanol–water partition coefficient (Wildman–Crippen LogP) is 3.66. The van der Waals surface area contributed by atoms with Crippen LogP contribution in [0, 0.1) is 6.92 Å². The summed E-state index contributed by atoms with van der Waals surface area (Å²) in [6.07, 6.45) is 2.07. The van der Waals surface area contributed by atoms with E-state index in [1.807, 2.05) is 39.2 Å². The molecule has 128 valence electrons. The van der Waals surface area contributed by atoms with Crippen LogP contribution in [-0.2, 0) is 11.2 Å². The van der Waals surface area contributed by atoms with Crippen molar-refractivity contribution in [2.24, 2.45) is 0 Å². The lowest BCUT2D eigenvalue weighted by atomic mass is 10.1. The minimum atomic E-state index is -0.0199. The predicted molar refractivity (Wildman–Crippen MR) is 99.2 cm³/mol. The smallest absolute Gasteiger partial charge is 0.220 e. The van der Waals surface area contributed by atoms with Crippen molar-refractivity contribution in [3.63, 3.8) is 0 Å². The van der Waals surface area contributed by atoms with E-state index in [1.165, 1.54) is 11.3 Å². The number of aromatic nitrogens is 1. The molecule has 2 aromatic rings. The number of carbonyl (C=O) groups is 1. The highest BCUT2D eigenvalue weighted by Gasteiger charge is 2.14. The molecule has 0 saturated heterocycles. The lowest BCUT2D eigenvalue weighted by molar-refractivity contribution is -0.121. The molecule has 1 atom stereocenters. The van der Waals surface area contributed by atoms with Gasteiger partial charge in [0.2, 0.25) is 5.91 Å². The number of rotatable bonds is 7. The molecule has 0 aliphatic heterocycles. The highest BCUT2D eigenvalue weighted by Crippen LogP contribution is 2.16. The Morgan fingerprint density at radius 2 is 1.88 bits per heavy atom. The molecular formula is C20H27N3O. The van der Waals surface area contributed by atoms with Gasteiger partial charge in [0.15, 0.2) is 0 Å². The molecular weight excluding hydrogens is 298 g/mol. The normalized spacial score (nSPS) is 11.8. The van der Waals surface area contributed by atoms with Crippen LogP contribution >= 0.6 is 0 Å². The SMILES string of the molecule is CC[C@@H](NC(=O)CCc1ccc(N(C)C)cc1)c1cccc(C)n1. The van der Waals surface area contributed by atoms with E-state index in [1.54, 1.807) is 0 Å². The van der Waals surface area contributed by atoms with E-state index in [2.05, 4.69) is 46.4 Å². The first-order chi connectivity index (χ1) is 11.5. The molecule has 2 rings (SSSR count). The molecule has 24 heavy (non-hydrogen) atoms. The number of amides is 1. The first-order valence-electron chi connectivity index (χ1n) is 8.48. The largest absolute Gasteiger partial charge is 0.378 e. The average Bonchev–Trinajstić information content (AvgIpc) is 2.58. The summed E-state index contributed by atoms with van der Waals surface area (Å²) in [4.78, 5) is 18.9. The molecule has 1 aromatic carbocycles. The summed E-state index contributed by atoms with van der Waals surface area (Å²) in [5, 5.41) is 3.10. The van der Waals surface area contributed by atoms with Crippen LogP contribution in [0.3, 0.4) is 0 Å². The molecule has 0 spiro atoms. The molecule has 0 aliphatic rings. The van der Waals surface area contributed by atoms with Crippen molar-refractivity contribution >= 4 is 11.6 Å². The Hall–Kier alpha value is -2.36. The quantitative estimate of drug-likeness (QED) is 0.845. The van der Waals surface area contributed by atoms with E-state index in [0.717, 1.165) is 24.2 Å². The van der Waals surface area contributed by atoms with Crippen molar-refractivity contribution in [2.45, 2.75) is 39.2 Å². The summed E-state index contributed by atoms with van der Waals surface area (Å²) >= 11 is 0. The Balaban J connectivity index is 1.89. The maximum atomic E-state index is 12.3. The Morgan fingerprint density at radius 1 is 1.17 bits per heavy atom. The lowest BCUT2D eigenvalue weighted by Gasteiger charge is -2.17. The van der Waals surface area contributed by atoms with Crippen LogP contribution in [0.5, 0.6) is 0 Å². The molecule has 4 heteroatoms. The first-order valence-corrected chi connectivity index (χ1v) is 8.48. The first kappa shape index (κ1) is 18.0. The Morgan fingerprint density at radius 3 is 2.46 bits per heavy atom. The molecule has 0 bridgehead atoms. The van der Waals surface area contributed by atoms with E-state index < -0.39 is 0 Å². The second-order valence-corrected chi connectivity index (χ2v) is 6.29. The standard InChI is InChI=1S/C20H27N3O/c1-5-18(19-8-6-7-15(2)21-19)22-20(24)14-11-16-9-12-17(13-10-16)23(3)4/h6-10,12-13,18H,5,11,14H2,1-4H3,(H,22,24)/t18-/m1/s1.